The highest BCUT2D eigenvalue weighted by atomic mass is 16.2. The predicted octanol–water partition coefficient (Wildman–Crippen LogP) is 2.18. The second-order valence-corrected chi connectivity index (χ2v) is 5.77. The van der Waals surface area contributed by atoms with E-state index in [0.29, 0.717) is 6.42 Å². The number of hydrogen-bond acceptors (Lipinski definition) is 3. The first-order valence-electron chi connectivity index (χ1n) is 7.79. The highest BCUT2D eigenvalue weighted by Gasteiger charge is 2.22. The number of para-hydroxylation sites is 1. The van der Waals surface area contributed by atoms with E-state index in [1.807, 2.05) is 21.7 Å². The lowest BCUT2D eigenvalue weighted by atomic mass is 10.2. The molecule has 0 unspecified atom stereocenters. The van der Waals surface area contributed by atoms with Gasteiger partial charge in [-0.3, -0.25) is 4.79 Å². The summed E-state index contributed by atoms with van der Waals surface area (Å²) in [6.07, 6.45) is 5.96. The van der Waals surface area contributed by atoms with Gasteiger partial charge in [0.25, 0.3) is 0 Å². The zero-order chi connectivity index (χ0) is 15.4. The summed E-state index contributed by atoms with van der Waals surface area (Å²) in [5.74, 6) is 0.230. The molecule has 22 heavy (non-hydrogen) atoms. The highest BCUT2D eigenvalue weighted by Crippen LogP contribution is 2.17. The van der Waals surface area contributed by atoms with Crippen LogP contribution < -0.4 is 4.90 Å². The second-order valence-electron chi connectivity index (χ2n) is 5.77. The largest absolute Gasteiger partial charge is 0.368 e. The van der Waals surface area contributed by atoms with Crippen LogP contribution in [0.4, 0.5) is 5.69 Å². The third-order valence-corrected chi connectivity index (χ3v) is 4.26. The Balaban J connectivity index is 1.52. The van der Waals surface area contributed by atoms with E-state index < -0.39 is 0 Å². The molecule has 0 bridgehead atoms. The number of carbonyl (C=O) groups is 1. The molecule has 0 radical (unpaired) electrons. The molecule has 1 aliphatic rings. The van der Waals surface area contributed by atoms with Gasteiger partial charge in [0.2, 0.25) is 5.91 Å². The standard InChI is InChI=1S/C17H22N4O/c1-15(21-8-7-18-14-21)13-17(22)20-11-9-19(10-12-20)16-5-3-2-4-6-16/h2-8,14-15H,9-13H2,1H3/t15-/m1/s1. The second kappa shape index (κ2) is 6.64. The van der Waals surface area contributed by atoms with E-state index in [9.17, 15) is 4.79 Å². The average Bonchev–Trinajstić information content (AvgIpc) is 3.10. The van der Waals surface area contributed by atoms with Crippen molar-refractivity contribution in [3.63, 3.8) is 0 Å². The quantitative estimate of drug-likeness (QED) is 0.869. The third kappa shape index (κ3) is 3.30. The van der Waals surface area contributed by atoms with Gasteiger partial charge in [-0.25, -0.2) is 4.98 Å². The van der Waals surface area contributed by atoms with E-state index in [1.165, 1.54) is 5.69 Å². The van der Waals surface area contributed by atoms with Gasteiger partial charge in [-0.05, 0) is 19.1 Å². The fourth-order valence-corrected chi connectivity index (χ4v) is 2.87. The Morgan fingerprint density at radius 1 is 1.18 bits per heavy atom. The Bertz CT molecular complexity index is 588. The van der Waals surface area contributed by atoms with Gasteiger partial charge in [-0.1, -0.05) is 18.2 Å². The molecule has 1 amide bonds. The molecule has 2 heterocycles. The van der Waals surface area contributed by atoms with Gasteiger partial charge in [0.1, 0.15) is 0 Å². The molecule has 1 aromatic heterocycles. The number of amides is 1. The topological polar surface area (TPSA) is 41.4 Å². The van der Waals surface area contributed by atoms with Crippen LogP contribution in [0.5, 0.6) is 0 Å². The molecule has 0 N–H and O–H groups in total. The van der Waals surface area contributed by atoms with Crippen molar-refractivity contribution in [3.8, 4) is 0 Å². The molecule has 5 heteroatoms. The fraction of sp³-hybridized carbons (Fsp3) is 0.412. The van der Waals surface area contributed by atoms with Gasteiger partial charge in [0, 0.05) is 56.7 Å². The molecule has 1 fully saturated rings. The number of hydrogen-bond donors (Lipinski definition) is 0. The lowest BCUT2D eigenvalue weighted by molar-refractivity contribution is -0.132. The summed E-state index contributed by atoms with van der Waals surface area (Å²) in [7, 11) is 0. The maximum absolute atomic E-state index is 12.4. The number of rotatable bonds is 4. The van der Waals surface area contributed by atoms with Gasteiger partial charge in [-0.2, -0.15) is 0 Å². The maximum Gasteiger partial charge on any atom is 0.224 e. The SMILES string of the molecule is C[C@H](CC(=O)N1CCN(c2ccccc2)CC1)n1ccnc1. The van der Waals surface area contributed by atoms with Crippen molar-refractivity contribution in [3.05, 3.63) is 49.1 Å². The minimum absolute atomic E-state index is 0.155. The summed E-state index contributed by atoms with van der Waals surface area (Å²) in [4.78, 5) is 20.8. The van der Waals surface area contributed by atoms with Crippen molar-refractivity contribution >= 4 is 11.6 Å². The molecule has 0 saturated carbocycles. The molecule has 5 nitrogen and oxygen atoms in total. The van der Waals surface area contributed by atoms with E-state index >= 15 is 0 Å². The van der Waals surface area contributed by atoms with E-state index in [0.717, 1.165) is 26.2 Å². The molecule has 1 atom stereocenters. The average molecular weight is 298 g/mol. The lowest BCUT2D eigenvalue weighted by Crippen LogP contribution is -2.49. The number of nitrogens with zero attached hydrogens (tertiary/aromatic N) is 4. The Morgan fingerprint density at radius 3 is 2.55 bits per heavy atom. The monoisotopic (exact) mass is 298 g/mol. The van der Waals surface area contributed by atoms with Gasteiger partial charge in [-0.15, -0.1) is 0 Å². The van der Waals surface area contributed by atoms with Crippen LogP contribution in [0, 0.1) is 0 Å². The smallest absolute Gasteiger partial charge is 0.224 e. The van der Waals surface area contributed by atoms with Crippen molar-refractivity contribution < 1.29 is 4.79 Å². The van der Waals surface area contributed by atoms with Crippen LogP contribution in [0.2, 0.25) is 0 Å². The van der Waals surface area contributed by atoms with E-state index in [2.05, 4.69) is 41.1 Å². The molecule has 0 aliphatic carbocycles. The molecule has 1 saturated heterocycles. The first kappa shape index (κ1) is 14.6. The summed E-state index contributed by atoms with van der Waals surface area (Å²) >= 11 is 0. The number of benzene rings is 1. The van der Waals surface area contributed by atoms with Crippen LogP contribution in [0.25, 0.3) is 0 Å². The van der Waals surface area contributed by atoms with E-state index in [-0.39, 0.29) is 11.9 Å². The Hall–Kier alpha value is -2.30. The molecule has 1 aromatic carbocycles. The van der Waals surface area contributed by atoms with Gasteiger partial charge >= 0.3 is 0 Å². The number of imidazole rings is 1. The minimum Gasteiger partial charge on any atom is -0.368 e. The summed E-state index contributed by atoms with van der Waals surface area (Å²) < 4.78 is 1.98. The van der Waals surface area contributed by atoms with Crippen LogP contribution in [0.15, 0.2) is 49.1 Å². The molecular weight excluding hydrogens is 276 g/mol. The van der Waals surface area contributed by atoms with Crippen LogP contribution >= 0.6 is 0 Å². The molecule has 2 aromatic rings. The lowest BCUT2D eigenvalue weighted by Gasteiger charge is -2.36. The Kier molecular flexibility index (Phi) is 4.42. The first-order valence-corrected chi connectivity index (χ1v) is 7.79. The van der Waals surface area contributed by atoms with E-state index in [1.54, 1.807) is 12.5 Å². The van der Waals surface area contributed by atoms with Crippen molar-refractivity contribution in [1.82, 2.24) is 14.5 Å². The molecule has 1 aliphatic heterocycles. The summed E-state index contributed by atoms with van der Waals surface area (Å²) in [6.45, 7) is 5.44. The molecular formula is C17H22N4O. The van der Waals surface area contributed by atoms with Crippen molar-refractivity contribution in [2.75, 3.05) is 31.1 Å². The zero-order valence-corrected chi connectivity index (χ0v) is 12.9. The van der Waals surface area contributed by atoms with Gasteiger partial charge < -0.3 is 14.4 Å². The van der Waals surface area contributed by atoms with Crippen LogP contribution in [-0.2, 0) is 4.79 Å². The van der Waals surface area contributed by atoms with Crippen LogP contribution in [-0.4, -0.2) is 46.5 Å². The number of aromatic nitrogens is 2. The highest BCUT2D eigenvalue weighted by molar-refractivity contribution is 5.77. The van der Waals surface area contributed by atoms with Crippen LogP contribution in [0.3, 0.4) is 0 Å². The Labute approximate surface area is 131 Å². The number of piperazine rings is 1. The summed E-state index contributed by atoms with van der Waals surface area (Å²) in [5, 5.41) is 0. The van der Waals surface area contributed by atoms with Crippen LogP contribution in [0.1, 0.15) is 19.4 Å². The third-order valence-electron chi connectivity index (χ3n) is 4.26. The number of anilines is 1. The first-order chi connectivity index (χ1) is 10.7. The molecule has 0 spiro atoms. The zero-order valence-electron chi connectivity index (χ0n) is 12.9. The van der Waals surface area contributed by atoms with Crippen molar-refractivity contribution in [1.29, 1.82) is 0 Å². The number of carbonyl (C=O) groups excluding carboxylic acids is 1. The molecule has 3 rings (SSSR count). The van der Waals surface area contributed by atoms with E-state index in [4.69, 9.17) is 0 Å². The molecule has 116 valence electrons. The van der Waals surface area contributed by atoms with Crippen molar-refractivity contribution in [2.24, 2.45) is 0 Å². The Morgan fingerprint density at radius 2 is 1.91 bits per heavy atom. The van der Waals surface area contributed by atoms with Crippen molar-refractivity contribution in [2.45, 2.75) is 19.4 Å². The van der Waals surface area contributed by atoms with Gasteiger partial charge in [0.15, 0.2) is 0 Å². The summed E-state index contributed by atoms with van der Waals surface area (Å²) in [5.41, 5.74) is 1.24. The fourth-order valence-electron chi connectivity index (χ4n) is 2.87. The summed E-state index contributed by atoms with van der Waals surface area (Å²) in [6, 6.07) is 10.5. The van der Waals surface area contributed by atoms with Gasteiger partial charge in [0.05, 0.1) is 6.33 Å². The normalized spacial score (nSPS) is 16.6. The predicted molar refractivity (Wildman–Crippen MR) is 86.8 cm³/mol. The maximum atomic E-state index is 12.4. The minimum atomic E-state index is 0.155.